The summed E-state index contributed by atoms with van der Waals surface area (Å²) in [7, 11) is -3.87. The molecule has 21 heteroatoms. The number of hydrogen-bond donors (Lipinski definition) is 7. The number of rotatable bonds is 24. The van der Waals surface area contributed by atoms with Gasteiger partial charge in [0.05, 0.1) is 10.6 Å². The fourth-order valence-electron chi connectivity index (χ4n) is 10.3. The molecule has 82 heavy (non-hydrogen) atoms. The number of carbonyl (C=O) groups is 6. The molecule has 2 heterocycles. The molecule has 0 spiro atoms. The SMILES string of the molecule is CCCN(CCC)C(=O)C1=Cc2ccc(-c3cccc(S(=O)(=O)N4CC(CNC(=O)OCc5ccc(NC(=O)C(CCCNC(N)=O)NC(=O)C(NC(=O)OCC6c7ccccc7-c7ccccc76)C(C)C)cc5)C4)c3)cc2N=C(N)C1. The van der Waals surface area contributed by atoms with Crippen molar-refractivity contribution in [2.75, 3.05) is 51.2 Å². The van der Waals surface area contributed by atoms with Gasteiger partial charge in [-0.3, -0.25) is 14.4 Å². The monoisotopic (exact) mass is 1140 g/mol. The number of alkyl carbamates (subject to hydrolysis) is 2. The van der Waals surface area contributed by atoms with Crippen molar-refractivity contribution < 1.29 is 46.7 Å². The zero-order chi connectivity index (χ0) is 58.5. The Bertz CT molecular complexity index is 3290. The fraction of sp³-hybridized carbons (Fsp3) is 0.361. The summed E-state index contributed by atoms with van der Waals surface area (Å²) >= 11 is 0. The molecule has 1 fully saturated rings. The van der Waals surface area contributed by atoms with E-state index in [1.165, 1.54) is 4.31 Å². The van der Waals surface area contributed by atoms with E-state index < -0.39 is 58.1 Å². The lowest BCUT2D eigenvalue weighted by Crippen LogP contribution is -2.54. The van der Waals surface area contributed by atoms with Crippen molar-refractivity contribution >= 4 is 69.2 Å². The van der Waals surface area contributed by atoms with E-state index in [2.05, 4.69) is 31.6 Å². The number of carbonyl (C=O) groups excluding carboxylic acids is 6. The van der Waals surface area contributed by atoms with E-state index in [0.29, 0.717) is 47.0 Å². The molecule has 0 bridgehead atoms. The van der Waals surface area contributed by atoms with Gasteiger partial charge in [-0.25, -0.2) is 27.8 Å². The minimum atomic E-state index is -3.87. The maximum Gasteiger partial charge on any atom is 0.407 e. The van der Waals surface area contributed by atoms with Crippen LogP contribution in [0.25, 0.3) is 28.3 Å². The van der Waals surface area contributed by atoms with Crippen LogP contribution in [0, 0.1) is 11.8 Å². The second kappa shape index (κ2) is 27.3. The number of amidine groups is 1. The van der Waals surface area contributed by atoms with Crippen LogP contribution >= 0.6 is 0 Å². The van der Waals surface area contributed by atoms with Crippen LogP contribution in [0.15, 0.2) is 131 Å². The molecular weight excluding hydrogens is 1060 g/mol. The number of amides is 7. The van der Waals surface area contributed by atoms with Crippen LogP contribution in [0.4, 0.5) is 25.8 Å². The number of benzene rings is 5. The molecule has 1 saturated heterocycles. The van der Waals surface area contributed by atoms with Gasteiger partial charge in [0.25, 0.3) is 0 Å². The number of primary amides is 1. The highest BCUT2D eigenvalue weighted by Crippen LogP contribution is 2.44. The molecular formula is C61H72N10O10S. The standard InChI is InChI=1S/C61H72N10O10S/c1-5-27-70(28-6-2)58(74)44-29-43-23-22-42(31-53(43)67-54(62)32-44)41-13-11-14-46(30-41)82(78,79)71-34-40(35-71)33-65-60(76)80-36-39-20-24-45(25-21-39)66-56(72)52(19-12-26-64-59(63)75)68-57(73)55(38(3)4)69-61(77)81-37-51-49-17-9-7-15-47(49)48-16-8-10-18-50(48)51/h7-11,13-18,20-25,29-31,38,40,51-52,55H,5-6,12,19,26-28,32-37H2,1-4H3,(H2,62,67)(H,65,76)(H,66,72)(H,68,73)(H,69,77)(H3,63,64,75). The quantitative estimate of drug-likeness (QED) is 0.0293. The van der Waals surface area contributed by atoms with Gasteiger partial charge in [0, 0.05) is 74.3 Å². The molecule has 2 atom stereocenters. The van der Waals surface area contributed by atoms with Crippen LogP contribution < -0.4 is 38.1 Å². The van der Waals surface area contributed by atoms with Crippen LogP contribution in [0.1, 0.15) is 88.0 Å². The van der Waals surface area contributed by atoms with Gasteiger partial charge in [-0.2, -0.15) is 4.31 Å². The van der Waals surface area contributed by atoms with Crippen LogP contribution in [-0.4, -0.2) is 117 Å². The second-order valence-electron chi connectivity index (χ2n) is 21.1. The van der Waals surface area contributed by atoms with Crippen molar-refractivity contribution in [3.05, 3.63) is 143 Å². The maximum absolute atomic E-state index is 13.8. The van der Waals surface area contributed by atoms with E-state index in [9.17, 15) is 37.2 Å². The summed E-state index contributed by atoms with van der Waals surface area (Å²) in [5, 5.41) is 13.5. The molecule has 0 saturated carbocycles. The number of sulfonamides is 1. The lowest BCUT2D eigenvalue weighted by atomic mass is 9.98. The van der Waals surface area contributed by atoms with Gasteiger partial charge in [-0.05, 0) is 107 Å². The summed E-state index contributed by atoms with van der Waals surface area (Å²) in [4.78, 5) is 85.0. The van der Waals surface area contributed by atoms with E-state index in [4.69, 9.17) is 20.9 Å². The molecule has 8 rings (SSSR count). The van der Waals surface area contributed by atoms with Crippen molar-refractivity contribution in [2.24, 2.45) is 28.3 Å². The first-order valence-electron chi connectivity index (χ1n) is 27.7. The minimum Gasteiger partial charge on any atom is -0.449 e. The Morgan fingerprint density at radius 1 is 0.768 bits per heavy atom. The molecule has 3 aliphatic rings. The Balaban J connectivity index is 0.792. The zero-order valence-corrected chi connectivity index (χ0v) is 47.4. The predicted molar refractivity (Wildman–Crippen MR) is 314 cm³/mol. The van der Waals surface area contributed by atoms with Gasteiger partial charge in [0.15, 0.2) is 0 Å². The van der Waals surface area contributed by atoms with Crippen molar-refractivity contribution in [1.29, 1.82) is 0 Å². The molecule has 5 aromatic rings. The van der Waals surface area contributed by atoms with Gasteiger partial charge in [-0.1, -0.05) is 113 Å². The molecule has 2 unspecified atom stereocenters. The smallest absolute Gasteiger partial charge is 0.407 e. The van der Waals surface area contributed by atoms with Gasteiger partial charge in [0.2, 0.25) is 27.7 Å². The van der Waals surface area contributed by atoms with Crippen LogP contribution in [0.5, 0.6) is 0 Å². The second-order valence-corrected chi connectivity index (χ2v) is 23.0. The van der Waals surface area contributed by atoms with Crippen LogP contribution in [-0.2, 0) is 40.5 Å². The molecule has 0 aromatic heterocycles. The molecule has 2 aliphatic heterocycles. The average molecular weight is 1140 g/mol. The van der Waals surface area contributed by atoms with E-state index in [1.807, 2.05) is 97.6 Å². The van der Waals surface area contributed by atoms with Gasteiger partial charge < -0.3 is 52.4 Å². The number of aliphatic imine (C=N–C) groups is 1. The van der Waals surface area contributed by atoms with E-state index >= 15 is 0 Å². The predicted octanol–water partition coefficient (Wildman–Crippen LogP) is 7.76. The Morgan fingerprint density at radius 2 is 1.44 bits per heavy atom. The lowest BCUT2D eigenvalue weighted by Gasteiger charge is -2.38. The van der Waals surface area contributed by atoms with Crippen molar-refractivity contribution in [2.45, 2.75) is 89.3 Å². The number of hydrogen-bond acceptors (Lipinski definition) is 12. The summed E-state index contributed by atoms with van der Waals surface area (Å²) in [5.74, 6) is -1.63. The molecule has 1 aliphatic carbocycles. The molecule has 432 valence electrons. The van der Waals surface area contributed by atoms with E-state index in [0.717, 1.165) is 46.2 Å². The van der Waals surface area contributed by atoms with Crippen LogP contribution in [0.3, 0.4) is 0 Å². The summed E-state index contributed by atoms with van der Waals surface area (Å²) < 4.78 is 40.1. The Kier molecular flexibility index (Phi) is 19.8. The van der Waals surface area contributed by atoms with Crippen molar-refractivity contribution in [3.63, 3.8) is 0 Å². The highest BCUT2D eigenvalue weighted by molar-refractivity contribution is 7.89. The van der Waals surface area contributed by atoms with Gasteiger partial charge in [0.1, 0.15) is 31.1 Å². The number of nitrogens with two attached hydrogens (primary N) is 2. The topological polar surface area (TPSA) is 286 Å². The average Bonchev–Trinajstić information content (AvgIpc) is 2.92. The summed E-state index contributed by atoms with van der Waals surface area (Å²) in [6.07, 6.45) is 2.67. The fourth-order valence-corrected chi connectivity index (χ4v) is 11.9. The van der Waals surface area contributed by atoms with Gasteiger partial charge >= 0.3 is 18.2 Å². The van der Waals surface area contributed by atoms with E-state index in [1.54, 1.807) is 56.3 Å². The van der Waals surface area contributed by atoms with Crippen molar-refractivity contribution in [3.8, 4) is 22.3 Å². The maximum atomic E-state index is 13.8. The normalized spacial score (nSPS) is 14.7. The minimum absolute atomic E-state index is 0.0499. The van der Waals surface area contributed by atoms with E-state index in [-0.39, 0.29) is 81.3 Å². The molecule has 9 N–H and O–H groups in total. The number of urea groups is 1. The molecule has 20 nitrogen and oxygen atoms in total. The highest BCUT2D eigenvalue weighted by Gasteiger charge is 2.37. The summed E-state index contributed by atoms with van der Waals surface area (Å²) in [5.41, 5.74) is 20.1. The number of ether oxygens (including phenoxy) is 2. The number of nitrogens with one attached hydrogen (secondary N) is 5. The largest absolute Gasteiger partial charge is 0.449 e. The van der Waals surface area contributed by atoms with Crippen molar-refractivity contribution in [1.82, 2.24) is 30.5 Å². The Morgan fingerprint density at radius 3 is 2.10 bits per heavy atom. The number of fused-ring (bicyclic) bond motifs is 4. The first-order valence-corrected chi connectivity index (χ1v) is 29.2. The molecule has 7 amide bonds. The first-order chi connectivity index (χ1) is 39.4. The zero-order valence-electron chi connectivity index (χ0n) is 46.6. The number of nitrogens with zero attached hydrogens (tertiary/aromatic N) is 3. The molecule has 0 radical (unpaired) electrons. The number of anilines is 1. The third-order valence-corrected chi connectivity index (χ3v) is 16.4. The third-order valence-electron chi connectivity index (χ3n) is 14.6. The van der Waals surface area contributed by atoms with Crippen LogP contribution in [0.2, 0.25) is 0 Å². The summed E-state index contributed by atoms with van der Waals surface area (Å²) in [6.45, 7) is 9.57. The Labute approximate surface area is 478 Å². The third kappa shape index (κ3) is 14.9. The lowest BCUT2D eigenvalue weighted by molar-refractivity contribution is -0.128. The highest BCUT2D eigenvalue weighted by atomic mass is 32.2. The van der Waals surface area contributed by atoms with Gasteiger partial charge in [-0.15, -0.1) is 0 Å². The molecule has 5 aromatic carbocycles. The first kappa shape index (κ1) is 59.6. The Hall–Kier alpha value is -8.56. The summed E-state index contributed by atoms with van der Waals surface area (Å²) in [6, 6.07) is 31.8.